The molecule has 0 bridgehead atoms. The van der Waals surface area contributed by atoms with E-state index in [-0.39, 0.29) is 10.8 Å². The van der Waals surface area contributed by atoms with Gasteiger partial charge in [-0.15, -0.1) is 0 Å². The minimum Gasteiger partial charge on any atom is -0.329 e. The first-order valence-electron chi connectivity index (χ1n) is 6.90. The van der Waals surface area contributed by atoms with Crippen LogP contribution in [0.25, 0.3) is 0 Å². The Morgan fingerprint density at radius 3 is 2.78 bits per heavy atom. The van der Waals surface area contributed by atoms with Crippen LogP contribution in [0, 0.1) is 11.6 Å². The van der Waals surface area contributed by atoms with Gasteiger partial charge in [-0.3, -0.25) is 0 Å². The number of nitrogens with zero attached hydrogens (tertiary/aromatic N) is 2. The number of hydrazone groups is 1. The van der Waals surface area contributed by atoms with Crippen LogP contribution in [-0.4, -0.2) is 22.4 Å². The lowest BCUT2D eigenvalue weighted by molar-refractivity contribution is 0.498. The number of thiocarbonyl (C=S) groups is 1. The molecule has 0 amide bonds. The van der Waals surface area contributed by atoms with Gasteiger partial charge in [0.25, 0.3) is 0 Å². The zero-order valence-electron chi connectivity index (χ0n) is 11.9. The first-order chi connectivity index (χ1) is 11.0. The van der Waals surface area contributed by atoms with E-state index >= 15 is 0 Å². The second-order valence-electron chi connectivity index (χ2n) is 4.98. The van der Waals surface area contributed by atoms with Crippen molar-refractivity contribution in [3.05, 3.63) is 64.1 Å². The number of anilines is 1. The first-order valence-corrected chi connectivity index (χ1v) is 8.10. The molecule has 1 aliphatic heterocycles. The Morgan fingerprint density at radius 1 is 1.22 bits per heavy atom. The highest BCUT2D eigenvalue weighted by Gasteiger charge is 2.20. The summed E-state index contributed by atoms with van der Waals surface area (Å²) in [6.07, 6.45) is 0.740. The van der Waals surface area contributed by atoms with E-state index in [1.54, 1.807) is 5.01 Å². The second-order valence-corrected chi connectivity index (χ2v) is 6.29. The molecule has 3 rings (SSSR count). The Kier molecular flexibility index (Phi) is 4.68. The standard InChI is InChI=1S/C16H12BrF2N3S/c17-11-3-1-2-10(8-11)14-6-7-22(21-14)16(23)20-15-5-4-12(18)9-13(15)19/h1-5,8-9H,6-7H2,(H,20,23). The largest absolute Gasteiger partial charge is 0.329 e. The van der Waals surface area contributed by atoms with Gasteiger partial charge in [-0.1, -0.05) is 28.1 Å². The molecule has 0 spiro atoms. The van der Waals surface area contributed by atoms with E-state index in [1.165, 1.54) is 12.1 Å². The van der Waals surface area contributed by atoms with Gasteiger partial charge in [-0.2, -0.15) is 5.10 Å². The van der Waals surface area contributed by atoms with Gasteiger partial charge in [-0.05, 0) is 42.0 Å². The van der Waals surface area contributed by atoms with Crippen LogP contribution < -0.4 is 5.32 Å². The van der Waals surface area contributed by atoms with Crippen LogP contribution in [0.5, 0.6) is 0 Å². The van der Waals surface area contributed by atoms with E-state index in [2.05, 4.69) is 26.3 Å². The quantitative estimate of drug-likeness (QED) is 0.756. The van der Waals surface area contributed by atoms with Gasteiger partial charge in [0.15, 0.2) is 5.11 Å². The topological polar surface area (TPSA) is 27.6 Å². The maximum absolute atomic E-state index is 13.7. The summed E-state index contributed by atoms with van der Waals surface area (Å²) in [4.78, 5) is 0. The normalized spacial score (nSPS) is 13.9. The predicted molar refractivity (Wildman–Crippen MR) is 94.6 cm³/mol. The average molecular weight is 396 g/mol. The minimum atomic E-state index is -0.692. The molecular weight excluding hydrogens is 384 g/mol. The number of benzene rings is 2. The summed E-state index contributed by atoms with van der Waals surface area (Å²) in [6.45, 7) is 0.608. The van der Waals surface area contributed by atoms with Crippen LogP contribution >= 0.6 is 28.1 Å². The molecule has 7 heteroatoms. The van der Waals surface area contributed by atoms with Crippen molar-refractivity contribution in [3.63, 3.8) is 0 Å². The molecule has 1 aliphatic rings. The van der Waals surface area contributed by atoms with Crippen molar-refractivity contribution in [1.29, 1.82) is 0 Å². The minimum absolute atomic E-state index is 0.127. The first kappa shape index (κ1) is 16.0. The summed E-state index contributed by atoms with van der Waals surface area (Å²) in [5, 5.41) is 9.12. The molecule has 0 radical (unpaired) electrons. The van der Waals surface area contributed by atoms with Gasteiger partial charge in [0, 0.05) is 23.5 Å². The van der Waals surface area contributed by atoms with Crippen LogP contribution in [-0.2, 0) is 0 Å². The third-order valence-corrected chi connectivity index (χ3v) is 4.17. The number of hydrogen-bond acceptors (Lipinski definition) is 2. The van der Waals surface area contributed by atoms with Crippen molar-refractivity contribution < 1.29 is 8.78 Å². The molecule has 23 heavy (non-hydrogen) atoms. The second kappa shape index (κ2) is 6.72. The van der Waals surface area contributed by atoms with Gasteiger partial charge in [0.2, 0.25) is 0 Å². The van der Waals surface area contributed by atoms with Crippen molar-refractivity contribution in [2.75, 3.05) is 11.9 Å². The average Bonchev–Trinajstić information content (AvgIpc) is 3.00. The van der Waals surface area contributed by atoms with Gasteiger partial charge in [0.05, 0.1) is 11.4 Å². The zero-order valence-corrected chi connectivity index (χ0v) is 14.3. The molecule has 0 aromatic heterocycles. The van der Waals surface area contributed by atoms with E-state index in [0.29, 0.717) is 6.54 Å². The maximum Gasteiger partial charge on any atom is 0.194 e. The van der Waals surface area contributed by atoms with Gasteiger partial charge in [-0.25, -0.2) is 13.8 Å². The van der Waals surface area contributed by atoms with E-state index in [0.717, 1.165) is 28.2 Å². The third kappa shape index (κ3) is 3.73. The lowest BCUT2D eigenvalue weighted by Crippen LogP contribution is -2.28. The monoisotopic (exact) mass is 395 g/mol. The summed E-state index contributed by atoms with van der Waals surface area (Å²) in [6, 6.07) is 11.1. The lowest BCUT2D eigenvalue weighted by atomic mass is 10.1. The van der Waals surface area contributed by atoms with Crippen LogP contribution in [0.3, 0.4) is 0 Å². The van der Waals surface area contributed by atoms with Crippen LogP contribution in [0.4, 0.5) is 14.5 Å². The molecule has 0 atom stereocenters. The summed E-state index contributed by atoms with van der Waals surface area (Å²) < 4.78 is 27.6. The summed E-state index contributed by atoms with van der Waals surface area (Å²) >= 11 is 8.69. The SMILES string of the molecule is Fc1ccc(NC(=S)N2CCC(c3cccc(Br)c3)=N2)c(F)c1. The van der Waals surface area contributed by atoms with Crippen molar-refractivity contribution in [1.82, 2.24) is 5.01 Å². The highest BCUT2D eigenvalue weighted by Crippen LogP contribution is 2.20. The Balaban J connectivity index is 1.74. The maximum atomic E-state index is 13.7. The fraction of sp³-hybridized carbons (Fsp3) is 0.125. The van der Waals surface area contributed by atoms with Crippen molar-refractivity contribution in [3.8, 4) is 0 Å². The molecule has 2 aromatic rings. The summed E-state index contributed by atoms with van der Waals surface area (Å²) in [5.74, 6) is -1.32. The Bertz CT molecular complexity index is 795. The number of hydrogen-bond donors (Lipinski definition) is 1. The van der Waals surface area contributed by atoms with Crippen molar-refractivity contribution >= 4 is 44.7 Å². The molecule has 0 unspecified atom stereocenters. The van der Waals surface area contributed by atoms with Crippen LogP contribution in [0.2, 0.25) is 0 Å². The molecule has 0 fully saturated rings. The van der Waals surface area contributed by atoms with Crippen molar-refractivity contribution in [2.24, 2.45) is 5.10 Å². The van der Waals surface area contributed by atoms with E-state index in [4.69, 9.17) is 12.2 Å². The smallest absolute Gasteiger partial charge is 0.194 e. The lowest BCUT2D eigenvalue weighted by Gasteiger charge is -2.16. The van der Waals surface area contributed by atoms with Gasteiger partial charge >= 0.3 is 0 Å². The molecule has 1 heterocycles. The highest BCUT2D eigenvalue weighted by atomic mass is 79.9. The molecule has 3 nitrogen and oxygen atoms in total. The summed E-state index contributed by atoms with van der Waals surface area (Å²) in [7, 11) is 0. The molecule has 118 valence electrons. The third-order valence-electron chi connectivity index (χ3n) is 3.37. The number of rotatable bonds is 2. The molecule has 2 aromatic carbocycles. The highest BCUT2D eigenvalue weighted by molar-refractivity contribution is 9.10. The molecular formula is C16H12BrF2N3S. The number of nitrogens with one attached hydrogen (secondary N) is 1. The fourth-order valence-corrected chi connectivity index (χ4v) is 2.89. The Morgan fingerprint density at radius 2 is 2.04 bits per heavy atom. The van der Waals surface area contributed by atoms with Crippen LogP contribution in [0.1, 0.15) is 12.0 Å². The zero-order chi connectivity index (χ0) is 16.4. The van der Waals surface area contributed by atoms with Crippen LogP contribution in [0.15, 0.2) is 52.0 Å². The van der Waals surface area contributed by atoms with E-state index in [1.807, 2.05) is 24.3 Å². The predicted octanol–water partition coefficient (Wildman–Crippen LogP) is 4.53. The molecule has 0 aliphatic carbocycles. The van der Waals surface area contributed by atoms with Crippen molar-refractivity contribution in [2.45, 2.75) is 6.42 Å². The fourth-order valence-electron chi connectivity index (χ4n) is 2.25. The van der Waals surface area contributed by atoms with E-state index < -0.39 is 11.6 Å². The number of halogens is 3. The molecule has 0 saturated carbocycles. The Labute approximate surface area is 146 Å². The van der Waals surface area contributed by atoms with Gasteiger partial charge < -0.3 is 5.32 Å². The Hall–Kier alpha value is -1.86. The molecule has 0 saturated heterocycles. The van der Waals surface area contributed by atoms with E-state index in [9.17, 15) is 8.78 Å². The summed E-state index contributed by atoms with van der Waals surface area (Å²) in [5.41, 5.74) is 2.05. The molecule has 1 N–H and O–H groups in total. The van der Waals surface area contributed by atoms with Gasteiger partial charge in [0.1, 0.15) is 11.6 Å².